The molecule has 0 spiro atoms. The smallest absolute Gasteiger partial charge is 0.394 e. The number of imidazole rings is 1. The largest absolute Gasteiger partial charge is 0.472 e. The van der Waals surface area contributed by atoms with Crippen molar-refractivity contribution in [2.75, 3.05) is 117 Å². The average molecular weight is 2100 g/mol. The highest BCUT2D eigenvalue weighted by Crippen LogP contribution is 2.51. The summed E-state index contributed by atoms with van der Waals surface area (Å²) in [6.45, 7) is 1.62. The lowest BCUT2D eigenvalue weighted by Crippen LogP contribution is -2.64. The molecule has 7 rings (SSSR count). The van der Waals surface area contributed by atoms with E-state index in [2.05, 4.69) is 41.5 Å². The summed E-state index contributed by atoms with van der Waals surface area (Å²) in [5.41, 5.74) is 5.07. The summed E-state index contributed by atoms with van der Waals surface area (Å²) < 4.78 is 103. The third kappa shape index (κ3) is 44.3. The number of aliphatic hydroxyl groups excluding tert-OH is 10. The Morgan fingerprint density at radius 1 is 0.458 bits per heavy atom. The van der Waals surface area contributed by atoms with Crippen molar-refractivity contribution in [3.05, 3.63) is 12.7 Å². The number of amides is 6. The van der Waals surface area contributed by atoms with Crippen LogP contribution in [-0.2, 0) is 123 Å². The number of unbranched alkanes of at least 4 members (excludes halogenated alkanes) is 13. The fraction of sp³-hybridized carbons (Fsp3) is 0.828. The Hall–Kier alpha value is -7.02. The molecular formula is C93H157N11O38P2. The molecule has 5 saturated heterocycles. The average Bonchev–Trinajstić information content (AvgIpc) is 1.62. The van der Waals surface area contributed by atoms with E-state index in [0.717, 1.165) is 0 Å². The van der Waals surface area contributed by atoms with E-state index in [-0.39, 0.29) is 233 Å². The van der Waals surface area contributed by atoms with Gasteiger partial charge in [-0.1, -0.05) is 45.4 Å². The Morgan fingerprint density at radius 2 is 0.861 bits per heavy atom. The van der Waals surface area contributed by atoms with Gasteiger partial charge in [0.1, 0.15) is 138 Å². The minimum absolute atomic E-state index is 0.00109. The summed E-state index contributed by atoms with van der Waals surface area (Å²) in [6.07, 6.45) is -5.95. The van der Waals surface area contributed by atoms with Crippen molar-refractivity contribution in [3.63, 3.8) is 0 Å². The van der Waals surface area contributed by atoms with E-state index in [0.29, 0.717) is 128 Å². The number of rotatable bonds is 76. The molecule has 49 nitrogen and oxygen atoms in total. The minimum atomic E-state index is -4.97. The van der Waals surface area contributed by atoms with Crippen LogP contribution in [0.2, 0.25) is 0 Å². The van der Waals surface area contributed by atoms with Crippen molar-refractivity contribution in [1.29, 1.82) is 0 Å². The van der Waals surface area contributed by atoms with Crippen LogP contribution in [0.15, 0.2) is 12.7 Å². The number of aromatic nitrogens is 4. The van der Waals surface area contributed by atoms with Crippen LogP contribution in [0.1, 0.15) is 259 Å². The van der Waals surface area contributed by atoms with Gasteiger partial charge in [0.25, 0.3) is 0 Å². The fourth-order valence-corrected chi connectivity index (χ4v) is 18.9. The lowest BCUT2D eigenvalue weighted by Gasteiger charge is -2.42. The van der Waals surface area contributed by atoms with Crippen LogP contribution in [0.4, 0.5) is 5.82 Å². The third-order valence-corrected chi connectivity index (χ3v) is 27.8. The molecule has 2 aromatic heterocycles. The van der Waals surface area contributed by atoms with Crippen LogP contribution in [-0.4, -0.2) is 383 Å². The third-order valence-electron chi connectivity index (χ3n) is 25.4. The van der Waals surface area contributed by atoms with Crippen molar-refractivity contribution in [3.8, 4) is 0 Å². The maximum absolute atomic E-state index is 14.3. The molecule has 0 aliphatic carbocycles. The van der Waals surface area contributed by atoms with E-state index in [1.54, 1.807) is 0 Å². The van der Waals surface area contributed by atoms with Gasteiger partial charge < -0.3 is 150 Å². The highest BCUT2D eigenvalue weighted by molar-refractivity contribution is 7.52. The molecule has 8 unspecified atom stereocenters. The summed E-state index contributed by atoms with van der Waals surface area (Å²) in [5, 5.41) is 116. The second-order valence-electron chi connectivity index (χ2n) is 37.5. The molecule has 19 N–H and O–H groups in total. The van der Waals surface area contributed by atoms with E-state index in [4.69, 9.17) is 66.7 Å². The Kier molecular flexibility index (Phi) is 56.6. The van der Waals surface area contributed by atoms with E-state index < -0.39 is 200 Å². The van der Waals surface area contributed by atoms with Crippen molar-refractivity contribution in [1.82, 2.24) is 51.0 Å². The number of fused-ring (bicyclic) bond motifs is 1. The number of nitrogens with two attached hydrogens (primary N) is 1. The maximum atomic E-state index is 14.3. The first kappa shape index (κ1) is 124. The Bertz CT molecular complexity index is 4100. The zero-order valence-electron chi connectivity index (χ0n) is 83.2. The van der Waals surface area contributed by atoms with Gasteiger partial charge in [-0.25, -0.2) is 19.5 Å². The molecule has 7 heterocycles. The molecule has 6 amide bonds. The van der Waals surface area contributed by atoms with Crippen LogP contribution in [0.5, 0.6) is 0 Å². The lowest BCUT2D eigenvalue weighted by atomic mass is 9.97. The van der Waals surface area contributed by atoms with Gasteiger partial charge in [-0.15, -0.1) is 0 Å². The minimum Gasteiger partial charge on any atom is -0.394 e. The van der Waals surface area contributed by atoms with Crippen LogP contribution >= 0.6 is 15.4 Å². The second-order valence-corrected chi connectivity index (χ2v) is 41.0. The maximum Gasteiger partial charge on any atom is 0.472 e. The molecule has 144 heavy (non-hydrogen) atoms. The van der Waals surface area contributed by atoms with Gasteiger partial charge in [0.2, 0.25) is 35.4 Å². The van der Waals surface area contributed by atoms with Crippen LogP contribution in [0.3, 0.4) is 0 Å². The number of anilines is 1. The number of nitrogens with zero attached hydrogens (tertiary/aromatic N) is 5. The zero-order valence-corrected chi connectivity index (χ0v) is 84.9. The predicted molar refractivity (Wildman–Crippen MR) is 509 cm³/mol. The summed E-state index contributed by atoms with van der Waals surface area (Å²) >= 11 is 0. The van der Waals surface area contributed by atoms with E-state index >= 15 is 0 Å². The lowest BCUT2D eigenvalue weighted by molar-refractivity contribution is -0.270. The topological polar surface area (TPSA) is 718 Å². The summed E-state index contributed by atoms with van der Waals surface area (Å²) in [4.78, 5) is 177. The number of hydrogen-bond donors (Lipinski definition) is 18. The highest BCUT2D eigenvalue weighted by atomic mass is 31.2. The monoisotopic (exact) mass is 2100 g/mol. The van der Waals surface area contributed by atoms with Gasteiger partial charge in [0, 0.05) is 150 Å². The molecule has 51 heteroatoms. The van der Waals surface area contributed by atoms with Crippen molar-refractivity contribution in [2.45, 2.75) is 380 Å². The highest BCUT2D eigenvalue weighted by Gasteiger charge is 2.50. The number of ether oxygens (including phenoxy) is 10. The van der Waals surface area contributed by atoms with Crippen LogP contribution in [0.25, 0.3) is 11.2 Å². The van der Waals surface area contributed by atoms with Crippen LogP contribution < -0.4 is 32.3 Å². The number of carbonyl (C=O) groups excluding carboxylic acids is 11. The molecule has 22 atom stereocenters. The number of phosphoric ester groups is 1. The first-order chi connectivity index (χ1) is 68.8. The SMILES string of the molecule is CCP(=O)(O)OC[C@H]1O[C@@H](n2cnc3c(N)ncnc32)C[C@@H]1OP(=O)(O)OC[C@@H]1C[C@@H](O)CN1C(=O)CCCCCCCCC(=O)NC(COCCC(=O)CCCCCC(=O)CCCCO[C@@H]1OC(CO)[C@H](O)[C@H](O)C1NC(C)=O)(COCCC(=O)CCCCCC(=O)CCCCO[C@@H]1OC(CO)[C@H](O)[C@H](O)C1NC(C)=O)COCCC(=O)NCCCCC(=O)CCCCO[C@@H]1OC(CO)[C@H](O)[C@H](O)C1NC(C)=O. The molecule has 0 bridgehead atoms. The van der Waals surface area contributed by atoms with Gasteiger partial charge >= 0.3 is 15.4 Å². The van der Waals surface area contributed by atoms with E-state index in [1.165, 1.54) is 49.8 Å². The van der Waals surface area contributed by atoms with Crippen molar-refractivity contribution in [2.24, 2.45) is 0 Å². The number of β-amino-alcohol motifs (C(OH)–C–C–N with tert-alkyl or cyclic N) is 1. The zero-order chi connectivity index (χ0) is 105. The number of carbonyl (C=O) groups is 11. The Balaban J connectivity index is 0.905. The fourth-order valence-electron chi connectivity index (χ4n) is 17.3. The molecule has 5 aliphatic heterocycles. The van der Waals surface area contributed by atoms with E-state index in [1.807, 2.05) is 0 Å². The van der Waals surface area contributed by atoms with Crippen LogP contribution in [0, 0.1) is 0 Å². The first-order valence-electron chi connectivity index (χ1n) is 50.4. The Labute approximate surface area is 838 Å². The second kappa shape index (κ2) is 65.8. The summed E-state index contributed by atoms with van der Waals surface area (Å²) in [6, 6.07) is -4.12. The number of aliphatic hydroxyl groups is 10. The normalized spacial score (nSPS) is 26.2. The van der Waals surface area contributed by atoms with Crippen molar-refractivity contribution < 1.29 is 184 Å². The summed E-state index contributed by atoms with van der Waals surface area (Å²) in [5.74, 6) is -2.82. The molecule has 2 aromatic rings. The molecule has 822 valence electrons. The first-order valence-corrected chi connectivity index (χ1v) is 53.7. The van der Waals surface area contributed by atoms with Gasteiger partial charge in [0.15, 0.2) is 30.3 Å². The number of nitrogen functional groups attached to an aromatic ring is 1. The molecular weight excluding hydrogens is 1940 g/mol. The summed E-state index contributed by atoms with van der Waals surface area (Å²) in [7, 11) is -9.04. The molecule has 5 aliphatic rings. The van der Waals surface area contributed by atoms with Gasteiger partial charge in [0.05, 0.1) is 91.1 Å². The number of likely N-dealkylation sites (tertiary alicyclic amines) is 1. The molecule has 0 saturated carbocycles. The number of nitrogens with one attached hydrogen (secondary N) is 5. The van der Waals surface area contributed by atoms with Crippen molar-refractivity contribution >= 4 is 96.8 Å². The number of ketones is 5. The number of phosphoric acid groups is 1. The standard InChI is InChI=1S/C93H157N11O38P2/c1-5-143(126,127)136-53-73-69(47-77(138-73)104-58-98-81-88(94)96-57-97-89(81)104)142-144(128,129)137-52-62-46-68(116)48-103(62)76(119)35-17-9-7-6-8-16-34-75(118)102-93(54-130-43-36-66(114)28-14-10-12-26-63(111)31-19-23-40-133-90-78(99-59(2)108)85(123)82(120)70(49-105)139-90,55-131-44-37-67(115)29-15-11-13-27-64(112)32-20-24-41-134-91-79(100-60(3)109)86(124)83(121)71(50-106)140-91)56-132-45-38-74(117)95-39-22-18-30-65(113)33-21-25-42-135-92-80(101-61(4)110)87(125)84(122)72(51-107)141-92/h57-58,62,68-73,77-80,82-87,90-92,105-107,116,120-125H,5-56H2,1-4H3,(H,95,117)(H,99,108)(H,100,109)(H,101,110)(H,102,118)(H,126,127)(H,128,129)(H2,94,96,97)/t62-,68+,69-,70?,71?,72?,73+,77+,78?,79?,80?,82-,83-,84-,85+,86+,87+,90+,91+,92+,93?/m0/s1. The molecule has 0 radical (unpaired) electrons. The quantitative estimate of drug-likeness (QED) is 0.0324. The number of Topliss-reactive ketones (excluding diaryl/α,β-unsaturated/α-hetero) is 5. The molecule has 0 aromatic carbocycles. The predicted octanol–water partition coefficient (Wildman–Crippen LogP) is 1.00. The van der Waals surface area contributed by atoms with Gasteiger partial charge in [-0.2, -0.15) is 0 Å². The number of hydrogen-bond acceptors (Lipinski definition) is 40. The molecule has 5 fully saturated rings. The van der Waals surface area contributed by atoms with E-state index in [9.17, 15) is 123 Å². The van der Waals surface area contributed by atoms with Gasteiger partial charge in [-0.05, 0) is 96.3 Å². The van der Waals surface area contributed by atoms with Gasteiger partial charge in [-0.3, -0.25) is 70.9 Å². The Morgan fingerprint density at radius 3 is 1.30 bits per heavy atom.